The van der Waals surface area contributed by atoms with Crippen LogP contribution in [0.25, 0.3) is 0 Å². The van der Waals surface area contributed by atoms with Crippen LogP contribution < -0.4 is 15.4 Å². The summed E-state index contributed by atoms with van der Waals surface area (Å²) in [6, 6.07) is 5.39. The van der Waals surface area contributed by atoms with Crippen molar-refractivity contribution in [2.45, 2.75) is 95.0 Å². The number of rotatable bonds is 7. The van der Waals surface area contributed by atoms with Crippen LogP contribution in [0.5, 0.6) is 5.75 Å². The van der Waals surface area contributed by atoms with Gasteiger partial charge < -0.3 is 19.7 Å². The van der Waals surface area contributed by atoms with Crippen LogP contribution in [0.2, 0.25) is 0 Å². The minimum Gasteiger partial charge on any atom is -0.489 e. The molecule has 3 atom stereocenters. The number of nitrogens with one attached hydrogen (secondary N) is 2. The topological polar surface area (TPSA) is 97.0 Å². The predicted octanol–water partition coefficient (Wildman–Crippen LogP) is 2.93. The molecule has 35 heavy (non-hydrogen) atoms. The Morgan fingerprint density at radius 2 is 1.83 bits per heavy atom. The third kappa shape index (κ3) is 5.38. The fraction of sp³-hybridized carbons (Fsp3) is 0.667. The number of nitrogens with zero attached hydrogens (tertiary/aromatic N) is 1. The lowest BCUT2D eigenvalue weighted by Gasteiger charge is -2.35. The summed E-state index contributed by atoms with van der Waals surface area (Å²) in [5.41, 5.74) is 1.50. The molecule has 2 N–H and O–H groups in total. The van der Waals surface area contributed by atoms with Crippen molar-refractivity contribution in [2.24, 2.45) is 5.92 Å². The van der Waals surface area contributed by atoms with Gasteiger partial charge in [0.25, 0.3) is 5.91 Å². The highest BCUT2D eigenvalue weighted by atomic mass is 16.5. The van der Waals surface area contributed by atoms with Crippen LogP contribution in [0.1, 0.15) is 80.1 Å². The zero-order chi connectivity index (χ0) is 24.4. The molecule has 4 aliphatic rings. The van der Waals surface area contributed by atoms with Gasteiger partial charge in [-0.3, -0.25) is 19.7 Å². The Kier molecular flexibility index (Phi) is 7.39. The molecule has 2 aliphatic carbocycles. The molecule has 1 aromatic carbocycles. The highest BCUT2D eigenvalue weighted by molar-refractivity contribution is 6.05. The minimum atomic E-state index is -0.595. The van der Waals surface area contributed by atoms with Gasteiger partial charge in [0.1, 0.15) is 17.9 Å². The SMILES string of the molecule is COC1CCC(CN[C@H]2CCCC[C@H]2Oc2ccc3c(c2)CN(C2CCC(=O)NC2=O)C3=O)CC1. The summed E-state index contributed by atoms with van der Waals surface area (Å²) in [6.07, 6.45) is 10.4. The van der Waals surface area contributed by atoms with Crippen molar-refractivity contribution in [3.63, 3.8) is 0 Å². The first kappa shape index (κ1) is 24.3. The largest absolute Gasteiger partial charge is 0.489 e. The van der Waals surface area contributed by atoms with Gasteiger partial charge in [-0.1, -0.05) is 6.42 Å². The lowest BCUT2D eigenvalue weighted by atomic mass is 9.86. The Morgan fingerprint density at radius 3 is 2.60 bits per heavy atom. The summed E-state index contributed by atoms with van der Waals surface area (Å²) in [5, 5.41) is 6.17. The van der Waals surface area contributed by atoms with E-state index in [1.807, 2.05) is 25.3 Å². The number of ether oxygens (including phenoxy) is 2. The van der Waals surface area contributed by atoms with E-state index in [2.05, 4.69) is 10.6 Å². The van der Waals surface area contributed by atoms with E-state index in [0.717, 1.165) is 50.0 Å². The minimum absolute atomic E-state index is 0.112. The van der Waals surface area contributed by atoms with Crippen LogP contribution in [-0.4, -0.2) is 60.6 Å². The quantitative estimate of drug-likeness (QED) is 0.579. The lowest BCUT2D eigenvalue weighted by Crippen LogP contribution is -2.52. The van der Waals surface area contributed by atoms with Gasteiger partial charge >= 0.3 is 0 Å². The van der Waals surface area contributed by atoms with Crippen molar-refractivity contribution in [1.29, 1.82) is 0 Å². The van der Waals surface area contributed by atoms with Gasteiger partial charge in [0.15, 0.2) is 0 Å². The number of piperidine rings is 1. The number of benzene rings is 1. The monoisotopic (exact) mass is 483 g/mol. The molecule has 0 bridgehead atoms. The van der Waals surface area contributed by atoms with Crippen molar-refractivity contribution in [1.82, 2.24) is 15.5 Å². The first-order valence-electron chi connectivity index (χ1n) is 13.2. The second-order valence-electron chi connectivity index (χ2n) is 10.6. The molecule has 2 aliphatic heterocycles. The van der Waals surface area contributed by atoms with Crippen LogP contribution in [-0.2, 0) is 20.9 Å². The van der Waals surface area contributed by atoms with Crippen LogP contribution in [0.15, 0.2) is 18.2 Å². The molecule has 8 nitrogen and oxygen atoms in total. The summed E-state index contributed by atoms with van der Waals surface area (Å²) in [7, 11) is 1.81. The van der Waals surface area contributed by atoms with Crippen LogP contribution in [0, 0.1) is 5.92 Å². The summed E-state index contributed by atoms with van der Waals surface area (Å²) in [4.78, 5) is 38.3. The maximum absolute atomic E-state index is 13.0. The van der Waals surface area contributed by atoms with Gasteiger partial charge in [0, 0.05) is 31.7 Å². The van der Waals surface area contributed by atoms with Gasteiger partial charge in [-0.25, -0.2) is 0 Å². The molecule has 0 aromatic heterocycles. The van der Waals surface area contributed by atoms with Gasteiger partial charge in [0.2, 0.25) is 11.8 Å². The van der Waals surface area contributed by atoms with Crippen molar-refractivity contribution in [3.05, 3.63) is 29.3 Å². The molecule has 2 heterocycles. The summed E-state index contributed by atoms with van der Waals surface area (Å²) >= 11 is 0. The number of hydrogen-bond acceptors (Lipinski definition) is 6. The van der Waals surface area contributed by atoms with Crippen molar-refractivity contribution >= 4 is 17.7 Å². The zero-order valence-corrected chi connectivity index (χ0v) is 20.6. The Bertz CT molecular complexity index is 958. The Hall–Kier alpha value is -2.45. The Labute approximate surface area is 207 Å². The number of carbonyl (C=O) groups is 3. The van der Waals surface area contributed by atoms with Gasteiger partial charge in [-0.05, 0) is 87.6 Å². The van der Waals surface area contributed by atoms with E-state index in [1.54, 1.807) is 4.90 Å². The standard InChI is InChI=1S/C27H37N3O5/c1-34-19-8-6-17(7-9-19)15-28-22-4-2-3-5-24(22)35-20-10-11-21-18(14-20)16-30(27(21)33)23-12-13-25(31)29-26(23)32/h10-11,14,17,19,22-24,28H,2-9,12-13,15-16H2,1H3,(H,29,31,32)/t17?,19?,22-,23?,24+/m0/s1. The molecule has 190 valence electrons. The molecular formula is C27H37N3O5. The van der Waals surface area contributed by atoms with Gasteiger partial charge in [0.05, 0.1) is 6.10 Å². The zero-order valence-electron chi connectivity index (χ0n) is 20.6. The normalized spacial score (nSPS) is 31.3. The number of fused-ring (bicyclic) bond motifs is 1. The highest BCUT2D eigenvalue weighted by Gasteiger charge is 2.39. The number of amides is 3. The van der Waals surface area contributed by atoms with E-state index in [9.17, 15) is 14.4 Å². The highest BCUT2D eigenvalue weighted by Crippen LogP contribution is 2.32. The Morgan fingerprint density at radius 1 is 1.03 bits per heavy atom. The van der Waals surface area contributed by atoms with Crippen molar-refractivity contribution < 1.29 is 23.9 Å². The molecule has 3 amide bonds. The maximum atomic E-state index is 13.0. The summed E-state index contributed by atoms with van der Waals surface area (Å²) in [6.45, 7) is 1.40. The molecule has 1 aromatic rings. The molecule has 1 unspecified atom stereocenters. The average molecular weight is 484 g/mol. The van der Waals surface area contributed by atoms with Crippen LogP contribution in [0.4, 0.5) is 0 Å². The van der Waals surface area contributed by atoms with Gasteiger partial charge in [-0.15, -0.1) is 0 Å². The maximum Gasteiger partial charge on any atom is 0.255 e. The lowest BCUT2D eigenvalue weighted by molar-refractivity contribution is -0.136. The molecular weight excluding hydrogens is 446 g/mol. The third-order valence-electron chi connectivity index (χ3n) is 8.28. The van der Waals surface area contributed by atoms with E-state index in [1.165, 1.54) is 19.3 Å². The smallest absolute Gasteiger partial charge is 0.255 e. The van der Waals surface area contributed by atoms with Crippen molar-refractivity contribution in [3.8, 4) is 5.75 Å². The molecule has 0 radical (unpaired) electrons. The number of hydrogen-bond donors (Lipinski definition) is 2. The first-order valence-corrected chi connectivity index (χ1v) is 13.2. The molecule has 0 spiro atoms. The van der Waals surface area contributed by atoms with E-state index >= 15 is 0 Å². The van der Waals surface area contributed by atoms with E-state index in [-0.39, 0.29) is 30.2 Å². The van der Waals surface area contributed by atoms with E-state index in [4.69, 9.17) is 9.47 Å². The molecule has 1 saturated heterocycles. The van der Waals surface area contributed by atoms with E-state index < -0.39 is 6.04 Å². The number of carbonyl (C=O) groups excluding carboxylic acids is 3. The predicted molar refractivity (Wildman–Crippen MR) is 130 cm³/mol. The van der Waals surface area contributed by atoms with E-state index in [0.29, 0.717) is 36.6 Å². The van der Waals surface area contributed by atoms with Crippen LogP contribution >= 0.6 is 0 Å². The molecule has 2 saturated carbocycles. The third-order valence-corrected chi connectivity index (χ3v) is 8.28. The number of methoxy groups -OCH3 is 1. The Balaban J connectivity index is 1.19. The van der Waals surface area contributed by atoms with Crippen LogP contribution in [0.3, 0.4) is 0 Å². The van der Waals surface area contributed by atoms with Gasteiger partial charge in [-0.2, -0.15) is 0 Å². The second-order valence-corrected chi connectivity index (χ2v) is 10.6. The number of imide groups is 1. The summed E-state index contributed by atoms with van der Waals surface area (Å²) < 4.78 is 12.0. The van der Waals surface area contributed by atoms with Crippen molar-refractivity contribution in [2.75, 3.05) is 13.7 Å². The fourth-order valence-corrected chi connectivity index (χ4v) is 6.16. The molecule has 5 rings (SSSR count). The second kappa shape index (κ2) is 10.7. The molecule has 3 fully saturated rings. The summed E-state index contributed by atoms with van der Waals surface area (Å²) in [5.74, 6) is 0.672. The molecule has 8 heteroatoms. The first-order chi connectivity index (χ1) is 17.0. The fourth-order valence-electron chi connectivity index (χ4n) is 6.16. The average Bonchev–Trinajstić information content (AvgIpc) is 3.19.